The van der Waals surface area contributed by atoms with Crippen LogP contribution in [0.2, 0.25) is 0 Å². The second-order valence-corrected chi connectivity index (χ2v) is 10.3. The van der Waals surface area contributed by atoms with E-state index < -0.39 is 12.1 Å². The molecule has 3 rings (SSSR count). The molecule has 1 unspecified atom stereocenters. The topological polar surface area (TPSA) is 85.3 Å². The number of hydrogen-bond donors (Lipinski definition) is 1. The molecule has 37 heavy (non-hydrogen) atoms. The van der Waals surface area contributed by atoms with Gasteiger partial charge >= 0.3 is 12.1 Å². The van der Waals surface area contributed by atoms with Crippen LogP contribution in [0, 0.1) is 0 Å². The lowest BCUT2D eigenvalue weighted by Gasteiger charge is -2.22. The van der Waals surface area contributed by atoms with Crippen molar-refractivity contribution in [2.24, 2.45) is 0 Å². The maximum atomic E-state index is 13.0. The van der Waals surface area contributed by atoms with Crippen molar-refractivity contribution in [3.8, 4) is 11.5 Å². The summed E-state index contributed by atoms with van der Waals surface area (Å²) in [6.07, 6.45) is 4.68. The minimum atomic E-state index is -0.970. The highest BCUT2D eigenvalue weighted by Gasteiger charge is 2.19. The Labute approximate surface area is 224 Å². The fraction of sp³-hybridized carbons (Fsp3) is 0.517. The summed E-state index contributed by atoms with van der Waals surface area (Å²) in [5, 5.41) is 9.28. The summed E-state index contributed by atoms with van der Waals surface area (Å²) in [7, 11) is 0. The minimum Gasteiger partial charge on any atom is -0.492 e. The van der Waals surface area contributed by atoms with Gasteiger partial charge in [0.1, 0.15) is 18.1 Å². The molecule has 1 aliphatic carbocycles. The number of benzene rings is 2. The van der Waals surface area contributed by atoms with Crippen molar-refractivity contribution in [1.82, 2.24) is 4.90 Å². The Balaban J connectivity index is 1.53. The summed E-state index contributed by atoms with van der Waals surface area (Å²) < 4.78 is 16.9. The van der Waals surface area contributed by atoms with Crippen LogP contribution in [0.5, 0.6) is 11.5 Å². The van der Waals surface area contributed by atoms with E-state index in [0.717, 1.165) is 42.8 Å². The van der Waals surface area contributed by atoms with E-state index in [-0.39, 0.29) is 6.09 Å². The van der Waals surface area contributed by atoms with Gasteiger partial charge in [-0.2, -0.15) is 11.8 Å². The molecule has 1 N–H and O–H groups in total. The number of aliphatic carboxylic acids is 1. The van der Waals surface area contributed by atoms with Gasteiger partial charge < -0.3 is 24.2 Å². The van der Waals surface area contributed by atoms with Crippen LogP contribution >= 0.6 is 11.8 Å². The third kappa shape index (κ3) is 9.59. The highest BCUT2D eigenvalue weighted by Crippen LogP contribution is 2.26. The van der Waals surface area contributed by atoms with E-state index >= 15 is 0 Å². The molecular formula is C29H39NO6S. The number of carboxylic acids is 1. The van der Waals surface area contributed by atoms with Crippen molar-refractivity contribution in [3.05, 3.63) is 59.2 Å². The molecular weight excluding hydrogens is 490 g/mol. The summed E-state index contributed by atoms with van der Waals surface area (Å²) in [5.41, 5.74) is 3.48. The Morgan fingerprint density at radius 3 is 2.49 bits per heavy atom. The van der Waals surface area contributed by atoms with Gasteiger partial charge in [0.2, 0.25) is 0 Å². The number of thioether (sulfide) groups is 1. The molecule has 8 heteroatoms. The molecule has 0 saturated heterocycles. The van der Waals surface area contributed by atoms with Crippen LogP contribution in [0.3, 0.4) is 0 Å². The monoisotopic (exact) mass is 529 g/mol. The molecule has 0 aromatic heterocycles. The Morgan fingerprint density at radius 1 is 1.00 bits per heavy atom. The van der Waals surface area contributed by atoms with Gasteiger partial charge in [0.25, 0.3) is 0 Å². The van der Waals surface area contributed by atoms with Crippen molar-refractivity contribution in [3.63, 3.8) is 0 Å². The minimum absolute atomic E-state index is 0.293. The van der Waals surface area contributed by atoms with E-state index in [1.807, 2.05) is 48.2 Å². The van der Waals surface area contributed by atoms with E-state index in [1.54, 1.807) is 11.8 Å². The fourth-order valence-corrected chi connectivity index (χ4v) is 5.27. The number of hydrogen-bond acceptors (Lipinski definition) is 6. The van der Waals surface area contributed by atoms with Crippen molar-refractivity contribution >= 4 is 23.8 Å². The van der Waals surface area contributed by atoms with Crippen LogP contribution < -0.4 is 9.47 Å². The Bertz CT molecular complexity index is 996. The van der Waals surface area contributed by atoms with Crippen LogP contribution in [0.1, 0.15) is 49.8 Å². The molecule has 2 aromatic rings. The second kappa shape index (κ2) is 15.5. The van der Waals surface area contributed by atoms with Crippen LogP contribution in [-0.2, 0) is 28.8 Å². The number of aryl methyl sites for hydroxylation is 2. The third-order valence-corrected chi connectivity index (χ3v) is 7.35. The van der Waals surface area contributed by atoms with E-state index in [0.29, 0.717) is 44.2 Å². The van der Waals surface area contributed by atoms with Gasteiger partial charge in [-0.05, 0) is 79.3 Å². The number of amides is 1. The number of ether oxygens (including phenoxy) is 3. The zero-order valence-electron chi connectivity index (χ0n) is 21.9. The summed E-state index contributed by atoms with van der Waals surface area (Å²) in [4.78, 5) is 26.0. The zero-order chi connectivity index (χ0) is 26.5. The summed E-state index contributed by atoms with van der Waals surface area (Å²) in [6, 6.07) is 13.3. The number of rotatable bonds is 16. The Kier molecular flexibility index (Phi) is 12.1. The number of nitrogens with zero attached hydrogens (tertiary/aromatic N) is 1. The van der Waals surface area contributed by atoms with Crippen LogP contribution in [0.4, 0.5) is 4.79 Å². The third-order valence-electron chi connectivity index (χ3n) is 6.30. The van der Waals surface area contributed by atoms with Crippen molar-refractivity contribution in [2.45, 2.75) is 58.5 Å². The normalized spacial score (nSPS) is 13.1. The Hall–Kier alpha value is -2.71. The lowest BCUT2D eigenvalue weighted by molar-refractivity contribution is -0.149. The highest BCUT2D eigenvalue weighted by molar-refractivity contribution is 7.99. The predicted octanol–water partition coefficient (Wildman–Crippen LogP) is 5.62. The highest BCUT2D eigenvalue weighted by atomic mass is 32.2. The largest absolute Gasteiger partial charge is 0.492 e. The maximum Gasteiger partial charge on any atom is 0.415 e. The number of fused-ring (bicyclic) bond motifs is 1. The van der Waals surface area contributed by atoms with Gasteiger partial charge in [-0.3, -0.25) is 0 Å². The van der Waals surface area contributed by atoms with E-state index in [2.05, 4.69) is 13.0 Å². The Morgan fingerprint density at radius 2 is 1.76 bits per heavy atom. The molecule has 1 amide bonds. The van der Waals surface area contributed by atoms with Crippen molar-refractivity contribution in [2.75, 3.05) is 37.8 Å². The fourth-order valence-electron chi connectivity index (χ4n) is 4.22. The van der Waals surface area contributed by atoms with Gasteiger partial charge in [-0.1, -0.05) is 31.5 Å². The molecule has 0 fully saturated rings. The number of carbonyl (C=O) groups is 2. The van der Waals surface area contributed by atoms with Gasteiger partial charge in [-0.25, -0.2) is 9.59 Å². The number of unbranched alkanes of at least 4 members (excludes halogenated alkanes) is 1. The lowest BCUT2D eigenvalue weighted by atomic mass is 10.1. The molecule has 1 aliphatic rings. The van der Waals surface area contributed by atoms with E-state index in [1.165, 1.54) is 17.5 Å². The van der Waals surface area contributed by atoms with Crippen LogP contribution in [-0.4, -0.2) is 66.0 Å². The van der Waals surface area contributed by atoms with Gasteiger partial charge in [0.15, 0.2) is 6.10 Å². The second-order valence-electron chi connectivity index (χ2n) is 9.08. The molecule has 0 aliphatic heterocycles. The molecule has 1 atom stereocenters. The van der Waals surface area contributed by atoms with Crippen molar-refractivity contribution in [1.29, 1.82) is 0 Å². The lowest BCUT2D eigenvalue weighted by Crippen LogP contribution is -2.38. The molecule has 2 aromatic carbocycles. The first-order valence-electron chi connectivity index (χ1n) is 13.2. The van der Waals surface area contributed by atoms with Gasteiger partial charge in [-0.15, -0.1) is 0 Å². The molecule has 0 spiro atoms. The number of carbonyl (C=O) groups excluding carboxylic acids is 1. The molecule has 202 valence electrons. The van der Waals surface area contributed by atoms with Crippen LogP contribution in [0.15, 0.2) is 42.5 Å². The average molecular weight is 530 g/mol. The molecule has 0 bridgehead atoms. The van der Waals surface area contributed by atoms with Gasteiger partial charge in [0.05, 0.1) is 6.54 Å². The zero-order valence-corrected chi connectivity index (χ0v) is 22.8. The summed E-state index contributed by atoms with van der Waals surface area (Å²) in [5.74, 6) is 2.22. The van der Waals surface area contributed by atoms with Gasteiger partial charge in [0, 0.05) is 25.3 Å². The molecule has 0 heterocycles. The summed E-state index contributed by atoms with van der Waals surface area (Å²) >= 11 is 1.85. The SMILES string of the molecule is CCCCSCCN(CCOc1ccc(CC(OCC)C(=O)O)cc1)C(=O)Oc1ccc2c(c1)CCC2. The predicted molar refractivity (Wildman–Crippen MR) is 147 cm³/mol. The average Bonchev–Trinajstić information content (AvgIpc) is 3.36. The quantitative estimate of drug-likeness (QED) is 0.283. The smallest absolute Gasteiger partial charge is 0.415 e. The maximum absolute atomic E-state index is 13.0. The van der Waals surface area contributed by atoms with Crippen LogP contribution in [0.25, 0.3) is 0 Å². The molecule has 0 radical (unpaired) electrons. The molecule has 0 saturated carbocycles. The van der Waals surface area contributed by atoms with E-state index in [4.69, 9.17) is 14.2 Å². The molecule has 7 nitrogen and oxygen atoms in total. The standard InChI is InChI=1S/C29H39NO6S/c1-3-5-18-37-19-16-30(29(33)36-26-14-11-23-7-6-8-24(23)21-26)15-17-35-25-12-9-22(10-13-25)20-27(28(31)32)34-4-2/h9-14,21,27H,3-8,15-20H2,1-2H3,(H,31,32). The first-order valence-corrected chi connectivity index (χ1v) is 14.4. The van der Waals surface area contributed by atoms with E-state index in [9.17, 15) is 14.7 Å². The van der Waals surface area contributed by atoms with Crippen molar-refractivity contribution < 1.29 is 28.9 Å². The number of carboxylic acid groups (broad SMARTS) is 1. The first-order chi connectivity index (χ1) is 18.0. The summed E-state index contributed by atoms with van der Waals surface area (Å²) in [6.45, 7) is 5.63. The first kappa shape index (κ1) is 28.9.